The molecule has 0 bridgehead atoms. The van der Waals surface area contributed by atoms with Gasteiger partial charge in [0.2, 0.25) is 0 Å². The molecule has 19 heavy (non-hydrogen) atoms. The maximum absolute atomic E-state index is 11.5. The molecule has 0 aromatic carbocycles. The van der Waals surface area contributed by atoms with Crippen molar-refractivity contribution in [3.8, 4) is 11.8 Å². The SMILES string of the molecule is CC#CCCNC(=O)NC[C@H](CC(=O)O)CC(C)C. The number of rotatable bonds is 8. The number of carbonyl (C=O) groups excluding carboxylic acids is 1. The molecule has 5 nitrogen and oxygen atoms in total. The van der Waals surface area contributed by atoms with Gasteiger partial charge in [-0.3, -0.25) is 4.79 Å². The predicted octanol–water partition coefficient (Wildman–Crippen LogP) is 1.84. The van der Waals surface area contributed by atoms with Crippen LogP contribution in [0.1, 0.15) is 40.0 Å². The third-order valence-electron chi connectivity index (χ3n) is 2.53. The Morgan fingerprint density at radius 2 is 1.95 bits per heavy atom. The van der Waals surface area contributed by atoms with Gasteiger partial charge in [0.15, 0.2) is 0 Å². The van der Waals surface area contributed by atoms with Crippen LogP contribution in [-0.4, -0.2) is 30.2 Å². The second-order valence-electron chi connectivity index (χ2n) is 4.91. The largest absolute Gasteiger partial charge is 0.481 e. The van der Waals surface area contributed by atoms with E-state index in [1.54, 1.807) is 6.92 Å². The lowest BCUT2D eigenvalue weighted by Gasteiger charge is -2.17. The van der Waals surface area contributed by atoms with E-state index < -0.39 is 5.97 Å². The molecule has 0 aliphatic heterocycles. The monoisotopic (exact) mass is 268 g/mol. The molecule has 0 aliphatic carbocycles. The Hall–Kier alpha value is -1.70. The topological polar surface area (TPSA) is 78.4 Å². The first-order valence-corrected chi connectivity index (χ1v) is 6.58. The van der Waals surface area contributed by atoms with Crippen molar-refractivity contribution in [1.29, 1.82) is 0 Å². The van der Waals surface area contributed by atoms with Crippen molar-refractivity contribution >= 4 is 12.0 Å². The van der Waals surface area contributed by atoms with Crippen molar-refractivity contribution in [2.24, 2.45) is 11.8 Å². The zero-order valence-electron chi connectivity index (χ0n) is 12.0. The minimum atomic E-state index is -0.828. The van der Waals surface area contributed by atoms with E-state index >= 15 is 0 Å². The molecular weight excluding hydrogens is 244 g/mol. The Morgan fingerprint density at radius 3 is 2.47 bits per heavy atom. The van der Waals surface area contributed by atoms with Gasteiger partial charge in [-0.2, -0.15) is 0 Å². The third kappa shape index (κ3) is 11.1. The highest BCUT2D eigenvalue weighted by Crippen LogP contribution is 2.14. The van der Waals surface area contributed by atoms with Crippen molar-refractivity contribution in [1.82, 2.24) is 10.6 Å². The summed E-state index contributed by atoms with van der Waals surface area (Å²) in [5.41, 5.74) is 0. The van der Waals surface area contributed by atoms with Crippen molar-refractivity contribution in [2.45, 2.75) is 40.0 Å². The quantitative estimate of drug-likeness (QED) is 0.464. The molecule has 0 saturated heterocycles. The molecule has 108 valence electrons. The van der Waals surface area contributed by atoms with Gasteiger partial charge in [-0.15, -0.1) is 11.8 Å². The number of carbonyl (C=O) groups is 2. The Morgan fingerprint density at radius 1 is 1.26 bits per heavy atom. The first-order chi connectivity index (χ1) is 8.95. The van der Waals surface area contributed by atoms with Crippen molar-refractivity contribution in [3.05, 3.63) is 0 Å². The number of amides is 2. The van der Waals surface area contributed by atoms with E-state index in [1.807, 2.05) is 13.8 Å². The number of nitrogens with one attached hydrogen (secondary N) is 2. The van der Waals surface area contributed by atoms with Crippen LogP contribution in [0.25, 0.3) is 0 Å². The standard InChI is InChI=1S/C14H24N2O3/c1-4-5-6-7-15-14(19)16-10-12(8-11(2)3)9-13(17)18/h11-12H,6-10H2,1-3H3,(H,17,18)(H2,15,16,19)/t12-/m0/s1. The Balaban J connectivity index is 3.96. The molecule has 1 atom stereocenters. The highest BCUT2D eigenvalue weighted by atomic mass is 16.4. The van der Waals surface area contributed by atoms with Crippen molar-refractivity contribution < 1.29 is 14.7 Å². The van der Waals surface area contributed by atoms with E-state index in [0.29, 0.717) is 25.4 Å². The zero-order valence-corrected chi connectivity index (χ0v) is 12.0. The van der Waals surface area contributed by atoms with Gasteiger partial charge in [-0.05, 0) is 25.2 Å². The maximum Gasteiger partial charge on any atom is 0.314 e. The van der Waals surface area contributed by atoms with Crippen LogP contribution in [-0.2, 0) is 4.79 Å². The van der Waals surface area contributed by atoms with E-state index in [2.05, 4.69) is 22.5 Å². The van der Waals surface area contributed by atoms with Gasteiger partial charge in [-0.25, -0.2) is 4.79 Å². The Kier molecular flexibility index (Phi) is 9.33. The second kappa shape index (κ2) is 10.2. The number of hydrogen-bond donors (Lipinski definition) is 3. The number of urea groups is 1. The van der Waals surface area contributed by atoms with Crippen LogP contribution in [0.4, 0.5) is 4.79 Å². The van der Waals surface area contributed by atoms with E-state index in [1.165, 1.54) is 0 Å². The predicted molar refractivity (Wildman–Crippen MR) is 74.7 cm³/mol. The summed E-state index contributed by atoms with van der Waals surface area (Å²) in [6.07, 6.45) is 1.49. The molecule has 0 rings (SSSR count). The minimum absolute atomic E-state index is 0.0290. The first kappa shape index (κ1) is 17.3. The average molecular weight is 268 g/mol. The average Bonchev–Trinajstić information content (AvgIpc) is 2.30. The number of carboxylic acids is 1. The summed E-state index contributed by atoms with van der Waals surface area (Å²) in [5, 5.41) is 14.2. The number of aliphatic carboxylic acids is 1. The first-order valence-electron chi connectivity index (χ1n) is 6.58. The molecule has 0 spiro atoms. The van der Waals surface area contributed by atoms with Crippen LogP contribution >= 0.6 is 0 Å². The molecule has 0 aliphatic rings. The van der Waals surface area contributed by atoms with Crippen LogP contribution < -0.4 is 10.6 Å². The van der Waals surface area contributed by atoms with E-state index in [4.69, 9.17) is 5.11 Å². The number of hydrogen-bond acceptors (Lipinski definition) is 2. The van der Waals surface area contributed by atoms with Gasteiger partial charge in [0.25, 0.3) is 0 Å². The molecule has 5 heteroatoms. The van der Waals surface area contributed by atoms with Crippen molar-refractivity contribution in [2.75, 3.05) is 13.1 Å². The van der Waals surface area contributed by atoms with Crippen molar-refractivity contribution in [3.63, 3.8) is 0 Å². The second-order valence-corrected chi connectivity index (χ2v) is 4.91. The normalized spacial score (nSPS) is 11.4. The van der Waals surface area contributed by atoms with E-state index in [0.717, 1.165) is 6.42 Å². The fraction of sp³-hybridized carbons (Fsp3) is 0.714. The summed E-state index contributed by atoms with van der Waals surface area (Å²) in [5.74, 6) is 5.15. The molecule has 3 N–H and O–H groups in total. The summed E-state index contributed by atoms with van der Waals surface area (Å²) < 4.78 is 0. The molecular formula is C14H24N2O3. The van der Waals surface area contributed by atoms with Crippen LogP contribution in [0.15, 0.2) is 0 Å². The Bertz CT molecular complexity index is 342. The number of carboxylic acid groups (broad SMARTS) is 1. The van der Waals surface area contributed by atoms with Gasteiger partial charge in [-0.1, -0.05) is 13.8 Å². The summed E-state index contributed by atoms with van der Waals surface area (Å²) in [6.45, 7) is 6.72. The van der Waals surface area contributed by atoms with Crippen LogP contribution in [0.3, 0.4) is 0 Å². The lowest BCUT2D eigenvalue weighted by Crippen LogP contribution is -2.39. The third-order valence-corrected chi connectivity index (χ3v) is 2.53. The highest BCUT2D eigenvalue weighted by Gasteiger charge is 2.15. The Labute approximate surface area is 115 Å². The van der Waals surface area contributed by atoms with E-state index in [-0.39, 0.29) is 18.4 Å². The molecule has 0 aromatic heterocycles. The molecule has 0 unspecified atom stereocenters. The fourth-order valence-electron chi connectivity index (χ4n) is 1.82. The van der Waals surface area contributed by atoms with Gasteiger partial charge in [0, 0.05) is 25.9 Å². The lowest BCUT2D eigenvalue weighted by molar-refractivity contribution is -0.138. The zero-order chi connectivity index (χ0) is 14.7. The molecule has 0 fully saturated rings. The van der Waals surface area contributed by atoms with Gasteiger partial charge >= 0.3 is 12.0 Å². The lowest BCUT2D eigenvalue weighted by atomic mass is 9.94. The van der Waals surface area contributed by atoms with Gasteiger partial charge in [0.05, 0.1) is 0 Å². The van der Waals surface area contributed by atoms with Crippen LogP contribution in [0, 0.1) is 23.7 Å². The molecule has 0 radical (unpaired) electrons. The van der Waals surface area contributed by atoms with Gasteiger partial charge < -0.3 is 15.7 Å². The van der Waals surface area contributed by atoms with Crippen LogP contribution in [0.5, 0.6) is 0 Å². The van der Waals surface area contributed by atoms with Gasteiger partial charge in [0.1, 0.15) is 0 Å². The molecule has 0 heterocycles. The summed E-state index contributed by atoms with van der Waals surface area (Å²) in [7, 11) is 0. The van der Waals surface area contributed by atoms with Crippen LogP contribution in [0.2, 0.25) is 0 Å². The fourth-order valence-corrected chi connectivity index (χ4v) is 1.82. The summed E-state index contributed by atoms with van der Waals surface area (Å²) in [6, 6.07) is -0.267. The molecule has 2 amide bonds. The molecule has 0 saturated carbocycles. The smallest absolute Gasteiger partial charge is 0.314 e. The minimum Gasteiger partial charge on any atom is -0.481 e. The summed E-state index contributed by atoms with van der Waals surface area (Å²) >= 11 is 0. The molecule has 0 aromatic rings. The summed E-state index contributed by atoms with van der Waals surface area (Å²) in [4.78, 5) is 22.2. The highest BCUT2D eigenvalue weighted by molar-refractivity contribution is 5.74. The maximum atomic E-state index is 11.5. The van der Waals surface area contributed by atoms with E-state index in [9.17, 15) is 9.59 Å².